The van der Waals surface area contributed by atoms with E-state index >= 15 is 0 Å². The third-order valence-electron chi connectivity index (χ3n) is 3.21. The van der Waals surface area contributed by atoms with Crippen molar-refractivity contribution in [3.8, 4) is 5.75 Å². The molecule has 0 fully saturated rings. The zero-order chi connectivity index (χ0) is 15.4. The molecule has 0 saturated heterocycles. The Morgan fingerprint density at radius 3 is 2.73 bits per heavy atom. The summed E-state index contributed by atoms with van der Waals surface area (Å²) in [5.74, 6) is 1.01. The number of amides is 1. The van der Waals surface area contributed by atoms with E-state index in [1.54, 1.807) is 25.3 Å². The standard InChI is InChI=1S/C18H15NO3/c1-21-17-9-5-3-7-15(17)19-18(20)11-10-14-12-13-6-2-4-8-16(13)22-14/h2-12H,1H3,(H,19,20). The maximum Gasteiger partial charge on any atom is 0.248 e. The number of furan rings is 1. The van der Waals surface area contributed by atoms with Gasteiger partial charge in [-0.25, -0.2) is 0 Å². The van der Waals surface area contributed by atoms with E-state index < -0.39 is 0 Å². The van der Waals surface area contributed by atoms with Crippen LogP contribution in [0.3, 0.4) is 0 Å². The molecule has 0 saturated carbocycles. The average molecular weight is 293 g/mol. The minimum Gasteiger partial charge on any atom is -0.495 e. The van der Waals surface area contributed by atoms with Gasteiger partial charge in [-0.05, 0) is 30.3 Å². The molecular formula is C18H15NO3. The lowest BCUT2D eigenvalue weighted by Gasteiger charge is -2.07. The van der Waals surface area contributed by atoms with E-state index in [9.17, 15) is 4.79 Å². The van der Waals surface area contributed by atoms with Crippen LogP contribution in [0, 0.1) is 0 Å². The molecule has 4 nitrogen and oxygen atoms in total. The lowest BCUT2D eigenvalue weighted by atomic mass is 10.2. The van der Waals surface area contributed by atoms with Crippen LogP contribution in [-0.2, 0) is 4.79 Å². The van der Waals surface area contributed by atoms with E-state index in [0.29, 0.717) is 17.2 Å². The van der Waals surface area contributed by atoms with Crippen LogP contribution in [0.15, 0.2) is 65.1 Å². The van der Waals surface area contributed by atoms with Gasteiger partial charge in [0.25, 0.3) is 0 Å². The van der Waals surface area contributed by atoms with Crippen LogP contribution >= 0.6 is 0 Å². The molecule has 110 valence electrons. The van der Waals surface area contributed by atoms with E-state index in [-0.39, 0.29) is 5.91 Å². The number of hydrogen-bond acceptors (Lipinski definition) is 3. The molecule has 4 heteroatoms. The van der Waals surface area contributed by atoms with Gasteiger partial charge in [-0.15, -0.1) is 0 Å². The second kappa shape index (κ2) is 6.18. The van der Waals surface area contributed by atoms with Gasteiger partial charge < -0.3 is 14.5 Å². The van der Waals surface area contributed by atoms with Gasteiger partial charge in [0.05, 0.1) is 12.8 Å². The van der Waals surface area contributed by atoms with Crippen molar-refractivity contribution in [3.05, 3.63) is 66.4 Å². The second-order valence-electron chi connectivity index (χ2n) is 4.71. The first-order chi connectivity index (χ1) is 10.8. The van der Waals surface area contributed by atoms with Gasteiger partial charge in [0, 0.05) is 11.5 Å². The number of carbonyl (C=O) groups is 1. The maximum absolute atomic E-state index is 12.0. The van der Waals surface area contributed by atoms with Crippen LogP contribution in [-0.4, -0.2) is 13.0 Å². The van der Waals surface area contributed by atoms with Crippen LogP contribution in [0.1, 0.15) is 5.76 Å². The van der Waals surface area contributed by atoms with Gasteiger partial charge in [-0.1, -0.05) is 30.3 Å². The van der Waals surface area contributed by atoms with E-state index in [2.05, 4.69) is 5.32 Å². The van der Waals surface area contributed by atoms with Gasteiger partial charge in [-0.2, -0.15) is 0 Å². The molecule has 0 radical (unpaired) electrons. The van der Waals surface area contributed by atoms with Gasteiger partial charge in [0.15, 0.2) is 0 Å². The molecule has 1 N–H and O–H groups in total. The number of para-hydroxylation sites is 3. The number of rotatable bonds is 4. The monoisotopic (exact) mass is 293 g/mol. The van der Waals surface area contributed by atoms with Gasteiger partial charge in [0.1, 0.15) is 17.1 Å². The molecule has 0 aliphatic carbocycles. The Labute approximate surface area is 128 Å². The molecule has 22 heavy (non-hydrogen) atoms. The normalized spacial score (nSPS) is 11.0. The largest absolute Gasteiger partial charge is 0.495 e. The molecule has 0 spiro atoms. The van der Waals surface area contributed by atoms with E-state index in [1.165, 1.54) is 6.08 Å². The molecule has 1 amide bonds. The summed E-state index contributed by atoms with van der Waals surface area (Å²) in [6, 6.07) is 16.9. The van der Waals surface area contributed by atoms with Crippen LogP contribution in [0.25, 0.3) is 17.0 Å². The molecule has 0 aliphatic heterocycles. The highest BCUT2D eigenvalue weighted by atomic mass is 16.5. The highest BCUT2D eigenvalue weighted by Crippen LogP contribution is 2.23. The number of hydrogen-bond donors (Lipinski definition) is 1. The van der Waals surface area contributed by atoms with Crippen molar-refractivity contribution in [2.75, 3.05) is 12.4 Å². The fourth-order valence-corrected chi connectivity index (χ4v) is 2.16. The third kappa shape index (κ3) is 3.01. The highest BCUT2D eigenvalue weighted by Gasteiger charge is 2.05. The summed E-state index contributed by atoms with van der Waals surface area (Å²) < 4.78 is 10.8. The first kappa shape index (κ1) is 13.9. The molecule has 0 atom stereocenters. The second-order valence-corrected chi connectivity index (χ2v) is 4.71. The van der Waals surface area contributed by atoms with Crippen molar-refractivity contribution in [1.29, 1.82) is 0 Å². The molecule has 0 unspecified atom stereocenters. The number of benzene rings is 2. The van der Waals surface area contributed by atoms with Crippen molar-refractivity contribution in [1.82, 2.24) is 0 Å². The number of anilines is 1. The fraction of sp³-hybridized carbons (Fsp3) is 0.0556. The highest BCUT2D eigenvalue weighted by molar-refractivity contribution is 6.02. The minimum absolute atomic E-state index is 0.245. The summed E-state index contributed by atoms with van der Waals surface area (Å²) in [4.78, 5) is 12.0. The van der Waals surface area contributed by atoms with Gasteiger partial charge >= 0.3 is 0 Å². The Balaban J connectivity index is 1.73. The van der Waals surface area contributed by atoms with Crippen LogP contribution in [0.5, 0.6) is 5.75 Å². The predicted octanol–water partition coefficient (Wildman–Crippen LogP) is 4.09. The summed E-state index contributed by atoms with van der Waals surface area (Å²) in [6.07, 6.45) is 3.08. The van der Waals surface area contributed by atoms with E-state index in [0.717, 1.165) is 11.0 Å². The third-order valence-corrected chi connectivity index (χ3v) is 3.21. The molecule has 2 aromatic carbocycles. The Morgan fingerprint density at radius 2 is 1.91 bits per heavy atom. The van der Waals surface area contributed by atoms with Crippen molar-refractivity contribution in [2.24, 2.45) is 0 Å². The van der Waals surface area contributed by atoms with Crippen molar-refractivity contribution < 1.29 is 13.9 Å². The van der Waals surface area contributed by atoms with Crippen LogP contribution in [0.4, 0.5) is 5.69 Å². The summed E-state index contributed by atoms with van der Waals surface area (Å²) in [5.41, 5.74) is 1.43. The smallest absolute Gasteiger partial charge is 0.248 e. The van der Waals surface area contributed by atoms with Crippen molar-refractivity contribution in [3.63, 3.8) is 0 Å². The topological polar surface area (TPSA) is 51.5 Å². The molecule has 3 aromatic rings. The Bertz CT molecular complexity index is 800. The molecular weight excluding hydrogens is 278 g/mol. The first-order valence-corrected chi connectivity index (χ1v) is 6.87. The van der Waals surface area contributed by atoms with E-state index in [4.69, 9.17) is 9.15 Å². The first-order valence-electron chi connectivity index (χ1n) is 6.87. The summed E-state index contributed by atoms with van der Waals surface area (Å²) in [7, 11) is 1.56. The Kier molecular flexibility index (Phi) is 3.92. The lowest BCUT2D eigenvalue weighted by Crippen LogP contribution is -2.08. The van der Waals surface area contributed by atoms with Crippen molar-refractivity contribution >= 4 is 28.6 Å². The Hall–Kier alpha value is -3.01. The zero-order valence-electron chi connectivity index (χ0n) is 12.1. The zero-order valence-corrected chi connectivity index (χ0v) is 12.1. The van der Waals surface area contributed by atoms with E-state index in [1.807, 2.05) is 42.5 Å². The quantitative estimate of drug-likeness (QED) is 0.737. The van der Waals surface area contributed by atoms with Gasteiger partial charge in [-0.3, -0.25) is 4.79 Å². The molecule has 0 aliphatic rings. The number of fused-ring (bicyclic) bond motifs is 1. The summed E-state index contributed by atoms with van der Waals surface area (Å²) in [6.45, 7) is 0. The number of carbonyl (C=O) groups excluding carboxylic acids is 1. The number of methoxy groups -OCH3 is 1. The Morgan fingerprint density at radius 1 is 1.14 bits per heavy atom. The number of ether oxygens (including phenoxy) is 1. The molecule has 3 rings (SSSR count). The van der Waals surface area contributed by atoms with Gasteiger partial charge in [0.2, 0.25) is 5.91 Å². The minimum atomic E-state index is -0.245. The SMILES string of the molecule is COc1ccccc1NC(=O)C=Cc1cc2ccccc2o1. The predicted molar refractivity (Wildman–Crippen MR) is 86.9 cm³/mol. The maximum atomic E-state index is 12.0. The van der Waals surface area contributed by atoms with Crippen LogP contribution in [0.2, 0.25) is 0 Å². The molecule has 0 bridgehead atoms. The molecule has 1 heterocycles. The van der Waals surface area contributed by atoms with Crippen molar-refractivity contribution in [2.45, 2.75) is 0 Å². The summed E-state index contributed by atoms with van der Waals surface area (Å²) in [5, 5.41) is 3.78. The fourth-order valence-electron chi connectivity index (χ4n) is 2.16. The van der Waals surface area contributed by atoms with Crippen LogP contribution < -0.4 is 10.1 Å². The lowest BCUT2D eigenvalue weighted by molar-refractivity contribution is -0.111. The molecule has 1 aromatic heterocycles. The number of nitrogens with one attached hydrogen (secondary N) is 1. The average Bonchev–Trinajstić information content (AvgIpc) is 2.96. The summed E-state index contributed by atoms with van der Waals surface area (Å²) >= 11 is 0.